The molecule has 2 heterocycles. The van der Waals surface area contributed by atoms with E-state index in [2.05, 4.69) is 40.9 Å². The Kier molecular flexibility index (Phi) is 6.42. The average Bonchev–Trinajstić information content (AvgIpc) is 3.03. The number of ether oxygens (including phenoxy) is 1. The van der Waals surface area contributed by atoms with Crippen molar-refractivity contribution in [3.05, 3.63) is 44.9 Å². The number of fused-ring (bicyclic) bond motifs is 1. The highest BCUT2D eigenvalue weighted by Crippen LogP contribution is 2.30. The number of hydrogen-bond donors (Lipinski definition) is 3. The number of rotatable bonds is 6. The third-order valence-corrected chi connectivity index (χ3v) is 5.95. The number of aromatic amines is 1. The average molecular weight is 516 g/mol. The highest BCUT2D eigenvalue weighted by Gasteiger charge is 2.32. The number of aromatic nitrogens is 4. The standard InChI is InChI=1S/C20H21BrF3N5O3/c21-13-3-6-16(32-20(22,23)24)12(7-13)10-29-17-15(27-19(29)31)9-26-18(28-17)25-8-11-1-4-14(30)5-2-11/h3,6-7,9,11,14,30H,1-2,4-5,8,10H2,(H,27,31)(H,25,26,28)/t11-,14-. The summed E-state index contributed by atoms with van der Waals surface area (Å²) in [6.45, 7) is 0.447. The fourth-order valence-corrected chi connectivity index (χ4v) is 4.24. The molecular formula is C20H21BrF3N5O3. The Bertz CT molecular complexity index is 1160. The second kappa shape index (κ2) is 9.10. The quantitative estimate of drug-likeness (QED) is 0.461. The van der Waals surface area contributed by atoms with Crippen molar-refractivity contribution in [1.29, 1.82) is 0 Å². The Morgan fingerprint density at radius 1 is 1.28 bits per heavy atom. The molecule has 0 unspecified atom stereocenters. The molecule has 1 saturated carbocycles. The van der Waals surface area contributed by atoms with E-state index in [1.807, 2.05) is 0 Å². The molecule has 1 aromatic carbocycles. The monoisotopic (exact) mass is 515 g/mol. The number of hydrogen-bond acceptors (Lipinski definition) is 6. The first-order chi connectivity index (χ1) is 15.2. The summed E-state index contributed by atoms with van der Waals surface area (Å²) in [6.07, 6.45) is -0.315. The Labute approximate surface area is 189 Å². The molecule has 3 aromatic rings. The fourth-order valence-electron chi connectivity index (χ4n) is 3.83. The van der Waals surface area contributed by atoms with Gasteiger partial charge in [-0.3, -0.25) is 4.57 Å². The Hall–Kier alpha value is -2.60. The molecule has 0 radical (unpaired) electrons. The minimum Gasteiger partial charge on any atom is -0.405 e. The maximum Gasteiger partial charge on any atom is 0.573 e. The van der Waals surface area contributed by atoms with E-state index in [-0.39, 0.29) is 23.9 Å². The van der Waals surface area contributed by atoms with Crippen LogP contribution in [0.4, 0.5) is 19.1 Å². The van der Waals surface area contributed by atoms with E-state index in [0.717, 1.165) is 25.7 Å². The lowest BCUT2D eigenvalue weighted by molar-refractivity contribution is -0.274. The normalized spacial score (nSPS) is 19.3. The lowest BCUT2D eigenvalue weighted by Crippen LogP contribution is -2.24. The van der Waals surface area contributed by atoms with Gasteiger partial charge in [-0.25, -0.2) is 9.78 Å². The molecule has 0 bridgehead atoms. The van der Waals surface area contributed by atoms with Crippen LogP contribution in [0.5, 0.6) is 5.75 Å². The van der Waals surface area contributed by atoms with E-state index in [1.54, 1.807) is 0 Å². The van der Waals surface area contributed by atoms with Crippen molar-refractivity contribution in [2.45, 2.75) is 44.7 Å². The van der Waals surface area contributed by atoms with Crippen molar-refractivity contribution in [3.63, 3.8) is 0 Å². The van der Waals surface area contributed by atoms with Gasteiger partial charge in [0.05, 0.1) is 18.8 Å². The van der Waals surface area contributed by atoms with Crippen LogP contribution in [0.3, 0.4) is 0 Å². The fraction of sp³-hybridized carbons (Fsp3) is 0.450. The molecule has 172 valence electrons. The van der Waals surface area contributed by atoms with Crippen molar-refractivity contribution in [2.75, 3.05) is 11.9 Å². The topological polar surface area (TPSA) is 105 Å². The predicted octanol–water partition coefficient (Wildman–Crippen LogP) is 3.79. The van der Waals surface area contributed by atoms with Crippen LogP contribution in [0.1, 0.15) is 31.2 Å². The van der Waals surface area contributed by atoms with Gasteiger partial charge in [0.2, 0.25) is 5.95 Å². The van der Waals surface area contributed by atoms with Crippen LogP contribution in [0.15, 0.2) is 33.7 Å². The summed E-state index contributed by atoms with van der Waals surface area (Å²) >= 11 is 3.24. The van der Waals surface area contributed by atoms with E-state index in [4.69, 9.17) is 0 Å². The maximum atomic E-state index is 12.8. The summed E-state index contributed by atoms with van der Waals surface area (Å²) in [5.74, 6) is 0.307. The molecule has 1 aliphatic carbocycles. The van der Waals surface area contributed by atoms with Gasteiger partial charge in [-0.05, 0) is 49.8 Å². The number of benzene rings is 1. The Balaban J connectivity index is 1.58. The largest absolute Gasteiger partial charge is 0.573 e. The third kappa shape index (κ3) is 5.41. The molecule has 12 heteroatoms. The minimum atomic E-state index is -4.86. The number of alkyl halides is 3. The number of nitrogens with zero attached hydrogens (tertiary/aromatic N) is 3. The molecule has 0 aliphatic heterocycles. The van der Waals surface area contributed by atoms with E-state index in [9.17, 15) is 23.1 Å². The molecule has 2 aromatic heterocycles. The van der Waals surface area contributed by atoms with E-state index < -0.39 is 17.8 Å². The van der Waals surface area contributed by atoms with Crippen LogP contribution in [-0.2, 0) is 6.54 Å². The summed E-state index contributed by atoms with van der Waals surface area (Å²) in [5.41, 5.74) is 0.276. The van der Waals surface area contributed by atoms with Gasteiger partial charge < -0.3 is 20.1 Å². The minimum absolute atomic E-state index is 0.161. The molecule has 1 aliphatic rings. The smallest absolute Gasteiger partial charge is 0.405 e. The highest BCUT2D eigenvalue weighted by atomic mass is 79.9. The number of aliphatic hydroxyl groups excluding tert-OH is 1. The van der Waals surface area contributed by atoms with Gasteiger partial charge in [-0.1, -0.05) is 15.9 Å². The van der Waals surface area contributed by atoms with Gasteiger partial charge in [-0.15, -0.1) is 13.2 Å². The zero-order valence-electron chi connectivity index (χ0n) is 16.8. The van der Waals surface area contributed by atoms with Gasteiger partial charge >= 0.3 is 12.1 Å². The van der Waals surface area contributed by atoms with Crippen molar-refractivity contribution in [2.24, 2.45) is 5.92 Å². The van der Waals surface area contributed by atoms with Gasteiger partial charge in [0.25, 0.3) is 0 Å². The third-order valence-electron chi connectivity index (χ3n) is 5.45. The second-order valence-corrected chi connectivity index (χ2v) is 8.72. The zero-order valence-corrected chi connectivity index (χ0v) is 18.4. The number of nitrogens with one attached hydrogen (secondary N) is 2. The zero-order chi connectivity index (χ0) is 22.9. The summed E-state index contributed by atoms with van der Waals surface area (Å²) in [4.78, 5) is 23.7. The number of anilines is 1. The molecule has 0 spiro atoms. The van der Waals surface area contributed by atoms with E-state index in [1.165, 1.54) is 29.0 Å². The van der Waals surface area contributed by atoms with Crippen molar-refractivity contribution in [1.82, 2.24) is 19.5 Å². The van der Waals surface area contributed by atoms with Crippen molar-refractivity contribution in [3.8, 4) is 5.75 Å². The van der Waals surface area contributed by atoms with Crippen LogP contribution in [0.2, 0.25) is 0 Å². The molecule has 1 fully saturated rings. The number of halogens is 4. The van der Waals surface area contributed by atoms with Gasteiger partial charge in [0.1, 0.15) is 11.3 Å². The van der Waals surface area contributed by atoms with Crippen molar-refractivity contribution < 1.29 is 23.0 Å². The second-order valence-electron chi connectivity index (χ2n) is 7.80. The first-order valence-corrected chi connectivity index (χ1v) is 10.9. The van der Waals surface area contributed by atoms with Crippen LogP contribution >= 0.6 is 15.9 Å². The SMILES string of the molecule is O=c1[nH]c2cnc(NC[C@H]3CC[C@H](O)CC3)nc2n1Cc1cc(Br)ccc1OC(F)(F)F. The van der Waals surface area contributed by atoms with Crippen LogP contribution in [0, 0.1) is 5.92 Å². The molecule has 0 atom stereocenters. The lowest BCUT2D eigenvalue weighted by Gasteiger charge is -2.25. The van der Waals surface area contributed by atoms with E-state index in [0.29, 0.717) is 28.4 Å². The molecule has 8 nitrogen and oxygen atoms in total. The number of H-pyrrole nitrogens is 1. The van der Waals surface area contributed by atoms with Crippen LogP contribution < -0.4 is 15.7 Å². The van der Waals surface area contributed by atoms with Crippen molar-refractivity contribution >= 4 is 33.0 Å². The Morgan fingerprint density at radius 3 is 2.75 bits per heavy atom. The van der Waals surface area contributed by atoms with Crippen LogP contribution in [0.25, 0.3) is 11.2 Å². The van der Waals surface area contributed by atoms with Gasteiger partial charge in [-0.2, -0.15) is 4.98 Å². The summed E-state index contributed by atoms with van der Waals surface area (Å²) < 4.78 is 44.3. The first kappa shape index (κ1) is 22.6. The molecule has 0 saturated heterocycles. The Morgan fingerprint density at radius 2 is 2.03 bits per heavy atom. The first-order valence-electron chi connectivity index (χ1n) is 10.1. The summed E-state index contributed by atoms with van der Waals surface area (Å²) in [5, 5.41) is 12.8. The van der Waals surface area contributed by atoms with Gasteiger partial charge in [0, 0.05) is 16.6 Å². The number of imidazole rings is 1. The summed E-state index contributed by atoms with van der Waals surface area (Å²) in [7, 11) is 0. The predicted molar refractivity (Wildman–Crippen MR) is 115 cm³/mol. The maximum absolute atomic E-state index is 12.8. The highest BCUT2D eigenvalue weighted by molar-refractivity contribution is 9.10. The van der Waals surface area contributed by atoms with E-state index >= 15 is 0 Å². The molecule has 0 amide bonds. The van der Waals surface area contributed by atoms with Crippen LogP contribution in [-0.4, -0.2) is 43.6 Å². The molecular weight excluding hydrogens is 495 g/mol. The lowest BCUT2D eigenvalue weighted by atomic mass is 9.87. The summed E-state index contributed by atoms with van der Waals surface area (Å²) in [6, 6.07) is 4.08. The number of aliphatic hydroxyl groups is 1. The molecule has 32 heavy (non-hydrogen) atoms. The van der Waals surface area contributed by atoms with Gasteiger partial charge in [0.15, 0.2) is 5.65 Å². The molecule has 3 N–H and O–H groups in total. The molecule has 4 rings (SSSR count).